The fraction of sp³-hybridized carbons (Fsp3) is 0.368. The van der Waals surface area contributed by atoms with Crippen molar-refractivity contribution >= 4 is 28.2 Å². The minimum Gasteiger partial charge on any atom is -0.485 e. The van der Waals surface area contributed by atoms with Crippen LogP contribution in [0.4, 0.5) is 5.00 Å². The fourth-order valence-electron chi connectivity index (χ4n) is 3.43. The largest absolute Gasteiger partial charge is 0.485 e. The number of benzene rings is 1. The summed E-state index contributed by atoms with van der Waals surface area (Å²) in [6, 6.07) is 7.23. The molecule has 136 valence electrons. The highest BCUT2D eigenvalue weighted by atomic mass is 32.1. The minimum atomic E-state index is -0.771. The highest BCUT2D eigenvalue weighted by molar-refractivity contribution is 7.17. The van der Waals surface area contributed by atoms with Gasteiger partial charge in [0.15, 0.2) is 11.5 Å². The van der Waals surface area contributed by atoms with Crippen molar-refractivity contribution in [3.05, 3.63) is 40.3 Å². The highest BCUT2D eigenvalue weighted by Crippen LogP contribution is 2.38. The van der Waals surface area contributed by atoms with Gasteiger partial charge in [0.2, 0.25) is 6.10 Å². The van der Waals surface area contributed by atoms with Crippen LogP contribution >= 0.6 is 11.3 Å². The van der Waals surface area contributed by atoms with Gasteiger partial charge < -0.3 is 20.5 Å². The number of hydrogen-bond donors (Lipinski definition) is 2. The lowest BCUT2D eigenvalue weighted by Crippen LogP contribution is -2.40. The van der Waals surface area contributed by atoms with Gasteiger partial charge in [-0.25, -0.2) is 0 Å². The van der Waals surface area contributed by atoms with Crippen LogP contribution in [0.1, 0.15) is 40.1 Å². The summed E-state index contributed by atoms with van der Waals surface area (Å²) in [6.45, 7) is 0.125. The Labute approximate surface area is 155 Å². The SMILES string of the molecule is NC(=O)c1c(NC(=O)C2COc3ccccc3O2)sc2c1CCCCC2. The number of nitrogens with two attached hydrogens (primary N) is 1. The Morgan fingerprint density at radius 3 is 2.69 bits per heavy atom. The van der Waals surface area contributed by atoms with Gasteiger partial charge in [0.25, 0.3) is 11.8 Å². The first-order chi connectivity index (χ1) is 12.6. The summed E-state index contributed by atoms with van der Waals surface area (Å²) in [7, 11) is 0. The topological polar surface area (TPSA) is 90.7 Å². The maximum absolute atomic E-state index is 12.7. The number of anilines is 1. The van der Waals surface area contributed by atoms with Gasteiger partial charge >= 0.3 is 0 Å². The molecule has 2 aromatic rings. The summed E-state index contributed by atoms with van der Waals surface area (Å²) < 4.78 is 11.3. The van der Waals surface area contributed by atoms with Gasteiger partial charge in [-0.3, -0.25) is 9.59 Å². The average Bonchev–Trinajstić information content (AvgIpc) is 2.82. The zero-order valence-electron chi connectivity index (χ0n) is 14.2. The molecule has 3 N–H and O–H groups in total. The van der Waals surface area contributed by atoms with Crippen LogP contribution in [0.5, 0.6) is 11.5 Å². The fourth-order valence-corrected chi connectivity index (χ4v) is 4.73. The molecule has 1 atom stereocenters. The highest BCUT2D eigenvalue weighted by Gasteiger charge is 2.30. The molecule has 7 heteroatoms. The molecule has 0 bridgehead atoms. The zero-order valence-corrected chi connectivity index (χ0v) is 15.1. The standard InChI is InChI=1S/C19H20N2O4S/c20-17(22)16-11-6-2-1-3-9-15(11)26-19(16)21-18(23)14-10-24-12-7-4-5-8-13(12)25-14/h4-5,7-8,14H,1-3,6,9-10H2,(H2,20,22)(H,21,23). The quantitative estimate of drug-likeness (QED) is 0.811. The van der Waals surface area contributed by atoms with Gasteiger partial charge in [-0.2, -0.15) is 0 Å². The second-order valence-corrected chi connectivity index (χ2v) is 7.59. The smallest absolute Gasteiger partial charge is 0.269 e. The first-order valence-electron chi connectivity index (χ1n) is 8.77. The number of primary amides is 1. The molecule has 1 unspecified atom stereocenters. The Balaban J connectivity index is 1.56. The number of carbonyl (C=O) groups is 2. The Morgan fingerprint density at radius 1 is 1.12 bits per heavy atom. The van der Waals surface area contributed by atoms with E-state index in [1.54, 1.807) is 12.1 Å². The second-order valence-electron chi connectivity index (χ2n) is 6.49. The van der Waals surface area contributed by atoms with Gasteiger partial charge in [-0.05, 0) is 43.4 Å². The Hall–Kier alpha value is -2.54. The first kappa shape index (κ1) is 16.9. The number of amides is 2. The van der Waals surface area contributed by atoms with E-state index in [1.165, 1.54) is 11.3 Å². The third-order valence-electron chi connectivity index (χ3n) is 4.71. The van der Waals surface area contributed by atoms with Crippen molar-refractivity contribution in [3.8, 4) is 11.5 Å². The van der Waals surface area contributed by atoms with Gasteiger partial charge in [0, 0.05) is 4.88 Å². The lowest BCUT2D eigenvalue weighted by molar-refractivity contribution is -0.125. The molecule has 6 nitrogen and oxygen atoms in total. The third-order valence-corrected chi connectivity index (χ3v) is 5.91. The van der Waals surface area contributed by atoms with E-state index in [0.29, 0.717) is 22.1 Å². The number of ether oxygens (including phenoxy) is 2. The molecule has 2 aliphatic rings. The first-order valence-corrected chi connectivity index (χ1v) is 9.59. The summed E-state index contributed by atoms with van der Waals surface area (Å²) in [5.74, 6) is 0.331. The Kier molecular flexibility index (Phi) is 4.55. The number of carbonyl (C=O) groups excluding carboxylic acids is 2. The second kappa shape index (κ2) is 6.99. The van der Waals surface area contributed by atoms with Crippen molar-refractivity contribution in [3.63, 3.8) is 0 Å². The van der Waals surface area contributed by atoms with E-state index in [1.807, 2.05) is 12.1 Å². The zero-order chi connectivity index (χ0) is 18.1. The molecule has 0 radical (unpaired) electrons. The lowest BCUT2D eigenvalue weighted by Gasteiger charge is -2.25. The van der Waals surface area contributed by atoms with E-state index < -0.39 is 12.0 Å². The number of fused-ring (bicyclic) bond motifs is 2. The van der Waals surface area contributed by atoms with Crippen molar-refractivity contribution < 1.29 is 19.1 Å². The molecular weight excluding hydrogens is 352 g/mol. The molecule has 2 amide bonds. The van der Waals surface area contributed by atoms with Gasteiger partial charge in [-0.1, -0.05) is 18.6 Å². The van der Waals surface area contributed by atoms with Crippen LogP contribution in [0, 0.1) is 0 Å². The molecule has 1 aromatic carbocycles. The normalized spacial score (nSPS) is 18.5. The van der Waals surface area contributed by atoms with E-state index >= 15 is 0 Å². The summed E-state index contributed by atoms with van der Waals surface area (Å²) in [5.41, 5.74) is 7.07. The van der Waals surface area contributed by atoms with E-state index in [-0.39, 0.29) is 12.5 Å². The van der Waals surface area contributed by atoms with Crippen molar-refractivity contribution in [2.24, 2.45) is 5.73 Å². The predicted molar refractivity (Wildman–Crippen MR) is 99.1 cm³/mol. The molecule has 0 saturated heterocycles. The molecule has 1 aromatic heterocycles. The number of nitrogens with one attached hydrogen (secondary N) is 1. The summed E-state index contributed by atoms with van der Waals surface area (Å²) in [5, 5.41) is 3.37. The van der Waals surface area contributed by atoms with E-state index in [9.17, 15) is 9.59 Å². The Bertz CT molecular complexity index is 861. The maximum Gasteiger partial charge on any atom is 0.269 e. The van der Waals surface area contributed by atoms with Crippen LogP contribution < -0.4 is 20.5 Å². The van der Waals surface area contributed by atoms with Crippen molar-refractivity contribution in [2.75, 3.05) is 11.9 Å². The van der Waals surface area contributed by atoms with Gasteiger partial charge in [0.05, 0.1) is 5.56 Å². The van der Waals surface area contributed by atoms with Crippen LogP contribution in [0.25, 0.3) is 0 Å². The molecule has 26 heavy (non-hydrogen) atoms. The third kappa shape index (κ3) is 3.14. The lowest BCUT2D eigenvalue weighted by atomic mass is 10.1. The summed E-state index contributed by atoms with van der Waals surface area (Å²) >= 11 is 1.45. The van der Waals surface area contributed by atoms with Crippen molar-refractivity contribution in [2.45, 2.75) is 38.2 Å². The molecule has 1 aliphatic carbocycles. The monoisotopic (exact) mass is 372 g/mol. The molecule has 0 fully saturated rings. The van der Waals surface area contributed by atoms with E-state index in [2.05, 4.69) is 5.32 Å². The van der Waals surface area contributed by atoms with Crippen LogP contribution in [-0.2, 0) is 17.6 Å². The minimum absolute atomic E-state index is 0.125. The number of hydrogen-bond acceptors (Lipinski definition) is 5. The van der Waals surface area contributed by atoms with Gasteiger partial charge in [0.1, 0.15) is 11.6 Å². The van der Waals surface area contributed by atoms with Gasteiger partial charge in [-0.15, -0.1) is 11.3 Å². The van der Waals surface area contributed by atoms with Crippen molar-refractivity contribution in [1.82, 2.24) is 0 Å². The van der Waals surface area contributed by atoms with Crippen LogP contribution in [0.15, 0.2) is 24.3 Å². The number of aryl methyl sites for hydroxylation is 1. The molecule has 0 spiro atoms. The molecule has 2 heterocycles. The van der Waals surface area contributed by atoms with E-state index in [4.69, 9.17) is 15.2 Å². The predicted octanol–water partition coefficient (Wildman–Crippen LogP) is 2.89. The maximum atomic E-state index is 12.7. The molecular formula is C19H20N2O4S. The molecule has 0 saturated carbocycles. The van der Waals surface area contributed by atoms with Crippen LogP contribution in [0.2, 0.25) is 0 Å². The Morgan fingerprint density at radius 2 is 1.88 bits per heavy atom. The van der Waals surface area contributed by atoms with Crippen LogP contribution in [-0.4, -0.2) is 24.5 Å². The van der Waals surface area contributed by atoms with Crippen molar-refractivity contribution in [1.29, 1.82) is 0 Å². The summed E-state index contributed by atoms with van der Waals surface area (Å²) in [6.07, 6.45) is 4.26. The number of thiophene rings is 1. The summed E-state index contributed by atoms with van der Waals surface area (Å²) in [4.78, 5) is 25.8. The van der Waals surface area contributed by atoms with E-state index in [0.717, 1.165) is 42.5 Å². The number of para-hydroxylation sites is 2. The molecule has 1 aliphatic heterocycles. The average molecular weight is 372 g/mol. The number of rotatable bonds is 3. The molecule has 4 rings (SSSR count). The van der Waals surface area contributed by atoms with Crippen LogP contribution in [0.3, 0.4) is 0 Å².